The lowest BCUT2D eigenvalue weighted by Gasteiger charge is -2.12. The Morgan fingerprint density at radius 2 is 2.29 bits per heavy atom. The number of carbonyl (C=O) groups excluding carboxylic acids is 1. The zero-order valence-electron chi connectivity index (χ0n) is 7.89. The average Bonchev–Trinajstić information content (AvgIpc) is 2.46. The number of hydrogen-bond donors (Lipinski definition) is 2. The molecule has 1 aromatic rings. The van der Waals surface area contributed by atoms with Gasteiger partial charge in [-0.15, -0.1) is 0 Å². The standard InChI is InChI=1S/C8H11N3O3/c1-5(12)10-7(8(13)14)6-3-4-9-11(6)2/h3-4,7H,1-2H3,(H,10,12)(H,13,14). The quantitative estimate of drug-likeness (QED) is 0.695. The maximum atomic E-state index is 10.8. The molecule has 0 saturated carbocycles. The molecule has 6 heteroatoms. The molecule has 0 spiro atoms. The van der Waals surface area contributed by atoms with Gasteiger partial charge in [-0.25, -0.2) is 4.79 Å². The summed E-state index contributed by atoms with van der Waals surface area (Å²) >= 11 is 0. The molecule has 1 rings (SSSR count). The smallest absolute Gasteiger partial charge is 0.332 e. The number of amides is 1. The van der Waals surface area contributed by atoms with Crippen molar-refractivity contribution in [2.75, 3.05) is 0 Å². The Kier molecular flexibility index (Phi) is 2.85. The molecular formula is C8H11N3O3. The highest BCUT2D eigenvalue weighted by Crippen LogP contribution is 2.11. The van der Waals surface area contributed by atoms with Crippen LogP contribution in [-0.2, 0) is 16.6 Å². The van der Waals surface area contributed by atoms with E-state index in [0.29, 0.717) is 5.69 Å². The SMILES string of the molecule is CC(=O)NC(C(=O)O)c1ccnn1C. The van der Waals surface area contributed by atoms with Crippen molar-refractivity contribution in [1.29, 1.82) is 0 Å². The van der Waals surface area contributed by atoms with E-state index in [1.165, 1.54) is 17.8 Å². The fourth-order valence-electron chi connectivity index (χ4n) is 1.13. The van der Waals surface area contributed by atoms with Gasteiger partial charge in [-0.05, 0) is 6.07 Å². The topological polar surface area (TPSA) is 84.2 Å². The van der Waals surface area contributed by atoms with Crippen molar-refractivity contribution in [3.63, 3.8) is 0 Å². The molecule has 0 saturated heterocycles. The summed E-state index contributed by atoms with van der Waals surface area (Å²) in [5, 5.41) is 15.0. The fraction of sp³-hybridized carbons (Fsp3) is 0.375. The highest BCUT2D eigenvalue weighted by Gasteiger charge is 2.23. The molecule has 1 unspecified atom stereocenters. The maximum Gasteiger partial charge on any atom is 0.332 e. The van der Waals surface area contributed by atoms with Crippen molar-refractivity contribution >= 4 is 11.9 Å². The van der Waals surface area contributed by atoms with Gasteiger partial charge in [-0.2, -0.15) is 5.10 Å². The molecule has 1 heterocycles. The van der Waals surface area contributed by atoms with Gasteiger partial charge in [0.2, 0.25) is 5.91 Å². The molecule has 1 aromatic heterocycles. The van der Waals surface area contributed by atoms with Crippen molar-refractivity contribution in [3.8, 4) is 0 Å². The number of nitrogens with zero attached hydrogens (tertiary/aromatic N) is 2. The largest absolute Gasteiger partial charge is 0.479 e. The number of aliphatic carboxylic acids is 1. The van der Waals surface area contributed by atoms with Crippen LogP contribution >= 0.6 is 0 Å². The third kappa shape index (κ3) is 2.09. The molecule has 2 N–H and O–H groups in total. The number of carboxylic acid groups (broad SMARTS) is 1. The lowest BCUT2D eigenvalue weighted by Crippen LogP contribution is -2.33. The van der Waals surface area contributed by atoms with Crippen LogP contribution in [0.25, 0.3) is 0 Å². The normalized spacial score (nSPS) is 12.1. The third-order valence-corrected chi connectivity index (χ3v) is 1.75. The minimum Gasteiger partial charge on any atom is -0.479 e. The molecular weight excluding hydrogens is 186 g/mol. The molecule has 76 valence electrons. The maximum absolute atomic E-state index is 10.8. The van der Waals surface area contributed by atoms with Crippen LogP contribution in [0.4, 0.5) is 0 Å². The zero-order chi connectivity index (χ0) is 10.7. The average molecular weight is 197 g/mol. The number of rotatable bonds is 3. The van der Waals surface area contributed by atoms with E-state index in [2.05, 4.69) is 10.4 Å². The highest BCUT2D eigenvalue weighted by molar-refractivity contribution is 5.82. The van der Waals surface area contributed by atoms with Gasteiger partial charge in [0, 0.05) is 20.2 Å². The van der Waals surface area contributed by atoms with Crippen LogP contribution < -0.4 is 5.32 Å². The lowest BCUT2D eigenvalue weighted by atomic mass is 10.2. The monoisotopic (exact) mass is 197 g/mol. The Bertz CT molecular complexity index is 358. The second kappa shape index (κ2) is 3.91. The van der Waals surface area contributed by atoms with Crippen LogP contribution in [0.15, 0.2) is 12.3 Å². The summed E-state index contributed by atoms with van der Waals surface area (Å²) in [5.74, 6) is -1.50. The summed E-state index contributed by atoms with van der Waals surface area (Å²) in [4.78, 5) is 21.6. The Hall–Kier alpha value is -1.85. The highest BCUT2D eigenvalue weighted by atomic mass is 16.4. The molecule has 6 nitrogen and oxygen atoms in total. The number of carboxylic acids is 1. The van der Waals surface area contributed by atoms with Crippen molar-refractivity contribution < 1.29 is 14.7 Å². The Balaban J connectivity index is 2.94. The summed E-state index contributed by atoms with van der Waals surface area (Å²) in [7, 11) is 1.62. The van der Waals surface area contributed by atoms with Gasteiger partial charge in [-0.1, -0.05) is 0 Å². The van der Waals surface area contributed by atoms with E-state index in [0.717, 1.165) is 0 Å². The van der Waals surface area contributed by atoms with Gasteiger partial charge < -0.3 is 10.4 Å². The Labute approximate surface area is 80.5 Å². The van der Waals surface area contributed by atoms with Gasteiger partial charge >= 0.3 is 5.97 Å². The minimum absolute atomic E-state index is 0.390. The number of aromatic nitrogens is 2. The molecule has 1 amide bonds. The third-order valence-electron chi connectivity index (χ3n) is 1.75. The number of nitrogens with one attached hydrogen (secondary N) is 1. The van der Waals surface area contributed by atoms with E-state index in [-0.39, 0.29) is 0 Å². The molecule has 0 bridgehead atoms. The molecule has 1 atom stereocenters. The molecule has 0 aliphatic rings. The van der Waals surface area contributed by atoms with Crippen LogP contribution in [0.3, 0.4) is 0 Å². The van der Waals surface area contributed by atoms with E-state index in [9.17, 15) is 9.59 Å². The molecule has 14 heavy (non-hydrogen) atoms. The Morgan fingerprint density at radius 1 is 1.64 bits per heavy atom. The minimum atomic E-state index is -1.11. The van der Waals surface area contributed by atoms with Crippen molar-refractivity contribution in [3.05, 3.63) is 18.0 Å². The first-order chi connectivity index (χ1) is 6.52. The lowest BCUT2D eigenvalue weighted by molar-refractivity contribution is -0.141. The van der Waals surface area contributed by atoms with Crippen LogP contribution in [0.5, 0.6) is 0 Å². The first-order valence-electron chi connectivity index (χ1n) is 4.00. The second-order valence-electron chi connectivity index (χ2n) is 2.85. The first kappa shape index (κ1) is 10.2. The summed E-state index contributed by atoms with van der Waals surface area (Å²) in [6.07, 6.45) is 1.48. The van der Waals surface area contributed by atoms with Crippen LogP contribution in [0.2, 0.25) is 0 Å². The van der Waals surface area contributed by atoms with E-state index in [1.807, 2.05) is 0 Å². The predicted molar refractivity (Wildman–Crippen MR) is 47.4 cm³/mol. The predicted octanol–water partition coefficient (Wildman–Crippen LogP) is -0.318. The number of carbonyl (C=O) groups is 2. The van der Waals surface area contributed by atoms with Crippen molar-refractivity contribution in [2.45, 2.75) is 13.0 Å². The van der Waals surface area contributed by atoms with Gasteiger partial charge in [0.15, 0.2) is 6.04 Å². The Morgan fingerprint density at radius 3 is 2.64 bits per heavy atom. The molecule has 0 aliphatic carbocycles. The van der Waals surface area contributed by atoms with Gasteiger partial charge in [0.25, 0.3) is 0 Å². The number of aryl methyl sites for hydroxylation is 1. The van der Waals surface area contributed by atoms with E-state index < -0.39 is 17.9 Å². The molecule has 0 fully saturated rings. The number of hydrogen-bond acceptors (Lipinski definition) is 3. The second-order valence-corrected chi connectivity index (χ2v) is 2.85. The summed E-state index contributed by atoms with van der Waals surface area (Å²) in [6, 6.07) is 0.509. The fourth-order valence-corrected chi connectivity index (χ4v) is 1.13. The van der Waals surface area contributed by atoms with Crippen molar-refractivity contribution in [2.24, 2.45) is 7.05 Å². The summed E-state index contributed by atoms with van der Waals surface area (Å²) < 4.78 is 1.41. The van der Waals surface area contributed by atoms with Crippen LogP contribution in [-0.4, -0.2) is 26.8 Å². The first-order valence-corrected chi connectivity index (χ1v) is 4.00. The van der Waals surface area contributed by atoms with E-state index >= 15 is 0 Å². The molecule has 0 aromatic carbocycles. The molecule has 0 radical (unpaired) electrons. The summed E-state index contributed by atoms with van der Waals surface area (Å²) in [5.41, 5.74) is 0.438. The van der Waals surface area contributed by atoms with Gasteiger partial charge in [0.1, 0.15) is 0 Å². The van der Waals surface area contributed by atoms with Gasteiger partial charge in [0.05, 0.1) is 5.69 Å². The van der Waals surface area contributed by atoms with Crippen LogP contribution in [0, 0.1) is 0 Å². The zero-order valence-corrected chi connectivity index (χ0v) is 7.89. The summed E-state index contributed by atoms with van der Waals surface area (Å²) in [6.45, 7) is 1.27. The van der Waals surface area contributed by atoms with E-state index in [1.54, 1.807) is 13.1 Å². The van der Waals surface area contributed by atoms with Crippen LogP contribution in [0.1, 0.15) is 18.7 Å². The van der Waals surface area contributed by atoms with E-state index in [4.69, 9.17) is 5.11 Å². The molecule has 0 aliphatic heterocycles. The van der Waals surface area contributed by atoms with Crippen molar-refractivity contribution in [1.82, 2.24) is 15.1 Å². The van der Waals surface area contributed by atoms with Gasteiger partial charge in [-0.3, -0.25) is 9.48 Å².